The molecule has 3 heterocycles. The fourth-order valence-corrected chi connectivity index (χ4v) is 4.16. The number of carbonyl (C=O) groups is 1. The largest absolute Gasteiger partial charge is 0.322 e. The summed E-state index contributed by atoms with van der Waals surface area (Å²) < 4.78 is 1.85. The number of hydrogen-bond donors (Lipinski definition) is 2. The normalized spacial score (nSPS) is 11.0. The van der Waals surface area contributed by atoms with E-state index in [1.54, 1.807) is 11.3 Å². The van der Waals surface area contributed by atoms with E-state index in [4.69, 9.17) is 0 Å². The van der Waals surface area contributed by atoms with Crippen molar-refractivity contribution in [3.63, 3.8) is 0 Å². The standard InChI is InChI=1S/C20H20N6OS2/c1-12-6-8-15(9-7-12)26-14(3)18(13(2)25-26)21-17(27)11-29-20-22-19(23-24-20)16-5-4-10-28-16/h4-10H,11H2,1-3H3,(H,21,27)(H,22,23,24). The average Bonchev–Trinajstić information content (AvgIpc) is 3.44. The molecule has 0 saturated heterocycles. The van der Waals surface area contributed by atoms with E-state index in [0.29, 0.717) is 11.0 Å². The van der Waals surface area contributed by atoms with E-state index < -0.39 is 0 Å². The van der Waals surface area contributed by atoms with Gasteiger partial charge in [0.05, 0.1) is 33.4 Å². The molecule has 0 fully saturated rings. The van der Waals surface area contributed by atoms with Crippen molar-refractivity contribution in [2.75, 3.05) is 11.1 Å². The van der Waals surface area contributed by atoms with E-state index in [2.05, 4.69) is 25.6 Å². The van der Waals surface area contributed by atoms with Crippen LogP contribution in [0.1, 0.15) is 17.0 Å². The lowest BCUT2D eigenvalue weighted by Gasteiger charge is -2.07. The maximum atomic E-state index is 12.5. The molecule has 0 radical (unpaired) electrons. The fraction of sp³-hybridized carbons (Fsp3) is 0.200. The second-order valence-corrected chi connectivity index (χ2v) is 8.46. The van der Waals surface area contributed by atoms with Crippen LogP contribution in [0, 0.1) is 20.8 Å². The van der Waals surface area contributed by atoms with Gasteiger partial charge in [0.15, 0.2) is 5.82 Å². The quantitative estimate of drug-likeness (QED) is 0.449. The number of thioether (sulfide) groups is 1. The molecule has 0 aliphatic carbocycles. The second-order valence-electron chi connectivity index (χ2n) is 6.57. The van der Waals surface area contributed by atoms with Crippen LogP contribution in [0.2, 0.25) is 0 Å². The molecule has 1 amide bonds. The number of thiophene rings is 1. The molecule has 2 N–H and O–H groups in total. The molecule has 4 rings (SSSR count). The van der Waals surface area contributed by atoms with Crippen molar-refractivity contribution in [3.05, 3.63) is 58.7 Å². The van der Waals surface area contributed by atoms with Crippen LogP contribution in [-0.2, 0) is 4.79 Å². The summed E-state index contributed by atoms with van der Waals surface area (Å²) in [5, 5.41) is 17.2. The fourth-order valence-electron chi connectivity index (χ4n) is 2.90. The molecule has 3 aromatic heterocycles. The number of carbonyl (C=O) groups excluding carboxylic acids is 1. The average molecular weight is 425 g/mol. The molecule has 0 unspecified atom stereocenters. The lowest BCUT2D eigenvalue weighted by Crippen LogP contribution is -2.15. The van der Waals surface area contributed by atoms with Crippen molar-refractivity contribution in [1.29, 1.82) is 0 Å². The van der Waals surface area contributed by atoms with E-state index in [1.165, 1.54) is 17.3 Å². The molecular formula is C20H20N6OS2. The highest BCUT2D eigenvalue weighted by Gasteiger charge is 2.16. The van der Waals surface area contributed by atoms with Gasteiger partial charge in [-0.05, 0) is 44.4 Å². The van der Waals surface area contributed by atoms with E-state index in [0.717, 1.165) is 27.6 Å². The minimum absolute atomic E-state index is 0.118. The Kier molecular flexibility index (Phi) is 5.50. The molecule has 9 heteroatoms. The Bertz CT molecular complexity index is 1130. The first-order valence-corrected chi connectivity index (χ1v) is 10.9. The number of aryl methyl sites for hydroxylation is 2. The van der Waals surface area contributed by atoms with Crippen LogP contribution in [0.3, 0.4) is 0 Å². The number of anilines is 1. The van der Waals surface area contributed by atoms with Gasteiger partial charge in [0.1, 0.15) is 0 Å². The highest BCUT2D eigenvalue weighted by molar-refractivity contribution is 7.99. The Morgan fingerprint density at radius 3 is 2.72 bits per heavy atom. The van der Waals surface area contributed by atoms with Gasteiger partial charge >= 0.3 is 0 Å². The molecule has 148 valence electrons. The van der Waals surface area contributed by atoms with Gasteiger partial charge in [0.2, 0.25) is 11.1 Å². The molecule has 29 heavy (non-hydrogen) atoms. The van der Waals surface area contributed by atoms with Crippen LogP contribution in [0.15, 0.2) is 46.9 Å². The van der Waals surface area contributed by atoms with Crippen LogP contribution < -0.4 is 5.32 Å². The van der Waals surface area contributed by atoms with Crippen LogP contribution >= 0.6 is 23.1 Å². The summed E-state index contributed by atoms with van der Waals surface area (Å²) in [4.78, 5) is 17.9. The number of hydrogen-bond acceptors (Lipinski definition) is 6. The summed E-state index contributed by atoms with van der Waals surface area (Å²) in [5.41, 5.74) is 4.57. The summed E-state index contributed by atoms with van der Waals surface area (Å²) in [7, 11) is 0. The summed E-state index contributed by atoms with van der Waals surface area (Å²) in [6, 6.07) is 12.1. The number of amides is 1. The number of nitrogens with one attached hydrogen (secondary N) is 2. The summed E-state index contributed by atoms with van der Waals surface area (Å²) >= 11 is 2.88. The zero-order valence-electron chi connectivity index (χ0n) is 16.3. The Balaban J connectivity index is 1.41. The maximum absolute atomic E-state index is 12.5. The maximum Gasteiger partial charge on any atom is 0.234 e. The molecule has 1 aromatic carbocycles. The van der Waals surface area contributed by atoms with Crippen molar-refractivity contribution in [1.82, 2.24) is 25.0 Å². The number of aromatic nitrogens is 5. The SMILES string of the molecule is Cc1ccc(-n2nc(C)c(NC(=O)CSc3n[nH]c(-c4cccs4)n3)c2C)cc1. The van der Waals surface area contributed by atoms with Gasteiger partial charge in [0, 0.05) is 0 Å². The van der Waals surface area contributed by atoms with Gasteiger partial charge in [-0.3, -0.25) is 9.89 Å². The molecule has 0 spiro atoms. The van der Waals surface area contributed by atoms with Gasteiger partial charge in [-0.15, -0.1) is 16.4 Å². The Hall–Kier alpha value is -2.91. The molecule has 0 aliphatic heterocycles. The third-order valence-corrected chi connectivity index (χ3v) is 6.11. The van der Waals surface area contributed by atoms with Crippen LogP contribution in [-0.4, -0.2) is 36.6 Å². The number of H-pyrrole nitrogens is 1. The predicted octanol–water partition coefficient (Wildman–Crippen LogP) is 4.37. The number of rotatable bonds is 6. The Morgan fingerprint density at radius 2 is 2.00 bits per heavy atom. The van der Waals surface area contributed by atoms with Crippen molar-refractivity contribution in [2.24, 2.45) is 0 Å². The summed E-state index contributed by atoms with van der Waals surface area (Å²) in [5.74, 6) is 0.817. The van der Waals surface area contributed by atoms with Gasteiger partial charge in [-0.1, -0.05) is 35.5 Å². The smallest absolute Gasteiger partial charge is 0.234 e. The summed E-state index contributed by atoms with van der Waals surface area (Å²) in [6.45, 7) is 5.89. The number of nitrogens with zero attached hydrogens (tertiary/aromatic N) is 4. The van der Waals surface area contributed by atoms with Crippen molar-refractivity contribution in [3.8, 4) is 16.4 Å². The third-order valence-electron chi connectivity index (χ3n) is 4.39. The first-order valence-electron chi connectivity index (χ1n) is 9.03. The minimum Gasteiger partial charge on any atom is -0.322 e. The lowest BCUT2D eigenvalue weighted by atomic mass is 10.2. The topological polar surface area (TPSA) is 88.5 Å². The van der Waals surface area contributed by atoms with Gasteiger partial charge in [-0.25, -0.2) is 9.67 Å². The minimum atomic E-state index is -0.118. The molecule has 0 aliphatic rings. The Labute approximate surface area is 176 Å². The molecular weight excluding hydrogens is 404 g/mol. The van der Waals surface area contributed by atoms with Crippen LogP contribution in [0.25, 0.3) is 16.4 Å². The number of benzene rings is 1. The highest BCUT2D eigenvalue weighted by atomic mass is 32.2. The summed E-state index contributed by atoms with van der Waals surface area (Å²) in [6.07, 6.45) is 0. The van der Waals surface area contributed by atoms with Crippen LogP contribution in [0.4, 0.5) is 5.69 Å². The van der Waals surface area contributed by atoms with Crippen molar-refractivity contribution in [2.45, 2.75) is 25.9 Å². The molecule has 7 nitrogen and oxygen atoms in total. The molecule has 0 bridgehead atoms. The highest BCUT2D eigenvalue weighted by Crippen LogP contribution is 2.25. The van der Waals surface area contributed by atoms with Crippen molar-refractivity contribution < 1.29 is 4.79 Å². The van der Waals surface area contributed by atoms with Gasteiger partial charge in [0.25, 0.3) is 0 Å². The van der Waals surface area contributed by atoms with Crippen molar-refractivity contribution >= 4 is 34.7 Å². The van der Waals surface area contributed by atoms with E-state index in [9.17, 15) is 4.79 Å². The Morgan fingerprint density at radius 1 is 1.21 bits per heavy atom. The first-order chi connectivity index (χ1) is 14.0. The first kappa shape index (κ1) is 19.4. The van der Waals surface area contributed by atoms with Crippen LogP contribution in [0.5, 0.6) is 0 Å². The zero-order valence-corrected chi connectivity index (χ0v) is 17.9. The van der Waals surface area contributed by atoms with E-state index in [-0.39, 0.29) is 11.7 Å². The van der Waals surface area contributed by atoms with E-state index in [1.807, 2.05) is 67.2 Å². The molecule has 0 atom stereocenters. The molecule has 4 aromatic rings. The zero-order chi connectivity index (χ0) is 20.4. The second kappa shape index (κ2) is 8.22. The van der Waals surface area contributed by atoms with Gasteiger partial charge < -0.3 is 5.32 Å². The third kappa shape index (κ3) is 4.25. The van der Waals surface area contributed by atoms with E-state index >= 15 is 0 Å². The number of aromatic amines is 1. The lowest BCUT2D eigenvalue weighted by molar-refractivity contribution is -0.113. The van der Waals surface area contributed by atoms with Gasteiger partial charge in [-0.2, -0.15) is 5.10 Å². The monoisotopic (exact) mass is 424 g/mol. The molecule has 0 saturated carbocycles. The predicted molar refractivity (Wildman–Crippen MR) is 117 cm³/mol.